The highest BCUT2D eigenvalue weighted by molar-refractivity contribution is 6.29. The normalized spacial score (nSPS) is 15.3. The van der Waals surface area contributed by atoms with E-state index in [1.807, 2.05) is 6.08 Å². The van der Waals surface area contributed by atoms with Crippen LogP contribution in [-0.4, -0.2) is 13.7 Å². The van der Waals surface area contributed by atoms with Gasteiger partial charge in [-0.25, -0.2) is 0 Å². The lowest BCUT2D eigenvalue weighted by atomic mass is 10.1. The highest BCUT2D eigenvalue weighted by Crippen LogP contribution is 2.19. The molecule has 0 aromatic heterocycles. The zero-order valence-corrected chi connectivity index (χ0v) is 11.1. The van der Waals surface area contributed by atoms with Crippen molar-refractivity contribution in [1.82, 2.24) is 0 Å². The summed E-state index contributed by atoms with van der Waals surface area (Å²) in [6.07, 6.45) is 7.39. The molecule has 0 fully saturated rings. The molecule has 0 aromatic carbocycles. The summed E-state index contributed by atoms with van der Waals surface area (Å²) in [6.45, 7) is 7.41. The number of hydrogen-bond donors (Lipinski definition) is 0. The summed E-state index contributed by atoms with van der Waals surface area (Å²) in [7, 11) is 1.74. The molecule has 15 heavy (non-hydrogen) atoms. The number of hydrogen-bond acceptors (Lipinski definition) is 1. The lowest BCUT2D eigenvalue weighted by Crippen LogP contribution is -1.93. The van der Waals surface area contributed by atoms with Crippen molar-refractivity contribution in [3.05, 3.63) is 22.8 Å². The van der Waals surface area contributed by atoms with Gasteiger partial charge < -0.3 is 4.74 Å². The Bertz CT molecular complexity index is 199. The molecule has 1 aliphatic rings. The predicted molar refractivity (Wildman–Crippen MR) is 68.3 cm³/mol. The van der Waals surface area contributed by atoms with Crippen molar-refractivity contribution < 1.29 is 4.74 Å². The van der Waals surface area contributed by atoms with Crippen LogP contribution in [0.25, 0.3) is 0 Å². The molecule has 1 rings (SSSR count). The van der Waals surface area contributed by atoms with Gasteiger partial charge in [-0.3, -0.25) is 0 Å². The van der Waals surface area contributed by atoms with Crippen LogP contribution in [0.3, 0.4) is 0 Å². The molecule has 0 unspecified atom stereocenters. The van der Waals surface area contributed by atoms with Gasteiger partial charge in [-0.1, -0.05) is 37.1 Å². The van der Waals surface area contributed by atoms with Gasteiger partial charge in [0.1, 0.15) is 0 Å². The Hall–Kier alpha value is -0.270. The zero-order chi connectivity index (χ0) is 11.7. The summed E-state index contributed by atoms with van der Waals surface area (Å²) in [5.41, 5.74) is 1.43. The molecule has 0 saturated heterocycles. The van der Waals surface area contributed by atoms with Crippen LogP contribution in [0, 0.1) is 5.92 Å². The molecule has 0 spiro atoms. The minimum absolute atomic E-state index is 0.778. The third-order valence-electron chi connectivity index (χ3n) is 2.21. The molecule has 0 bridgehead atoms. The van der Waals surface area contributed by atoms with Crippen molar-refractivity contribution in [2.24, 2.45) is 5.92 Å². The fourth-order valence-corrected chi connectivity index (χ4v) is 1.23. The number of rotatable bonds is 3. The summed E-state index contributed by atoms with van der Waals surface area (Å²) in [5.74, 6) is 0.778. The van der Waals surface area contributed by atoms with Gasteiger partial charge in [0.05, 0.1) is 0 Å². The Balaban J connectivity index is 0.000000265. The van der Waals surface area contributed by atoms with Crippen LogP contribution >= 0.6 is 11.6 Å². The minimum atomic E-state index is 0.778. The highest BCUT2D eigenvalue weighted by atomic mass is 35.5. The third-order valence-corrected chi connectivity index (χ3v) is 2.52. The van der Waals surface area contributed by atoms with E-state index in [2.05, 4.69) is 26.8 Å². The number of allylic oxidation sites excluding steroid dienone is 4. The Morgan fingerprint density at radius 2 is 2.00 bits per heavy atom. The Morgan fingerprint density at radius 3 is 2.27 bits per heavy atom. The highest BCUT2D eigenvalue weighted by Gasteiger charge is 1.97. The summed E-state index contributed by atoms with van der Waals surface area (Å²) in [4.78, 5) is 0. The number of halogens is 1. The van der Waals surface area contributed by atoms with Crippen LogP contribution in [0.1, 0.15) is 40.0 Å². The smallest absolute Gasteiger partial charge is 0.0464 e. The first-order valence-corrected chi connectivity index (χ1v) is 5.94. The van der Waals surface area contributed by atoms with Gasteiger partial charge in [-0.15, -0.1) is 0 Å². The fourth-order valence-electron chi connectivity index (χ4n) is 1.07. The lowest BCUT2D eigenvalue weighted by molar-refractivity contribution is 0.183. The van der Waals surface area contributed by atoms with Crippen molar-refractivity contribution in [3.8, 4) is 0 Å². The van der Waals surface area contributed by atoms with Crippen molar-refractivity contribution in [2.45, 2.75) is 40.0 Å². The third kappa shape index (κ3) is 10.0. The van der Waals surface area contributed by atoms with E-state index in [4.69, 9.17) is 16.3 Å². The van der Waals surface area contributed by atoms with E-state index >= 15 is 0 Å². The molecule has 0 amide bonds. The van der Waals surface area contributed by atoms with E-state index in [0.29, 0.717) is 0 Å². The maximum Gasteiger partial charge on any atom is 0.0464 e. The molecule has 0 aliphatic heterocycles. The van der Waals surface area contributed by atoms with E-state index in [1.165, 1.54) is 12.0 Å². The molecule has 0 atom stereocenters. The second-order valence-electron chi connectivity index (χ2n) is 4.30. The molecule has 0 radical (unpaired) electrons. The second-order valence-corrected chi connectivity index (χ2v) is 4.79. The van der Waals surface area contributed by atoms with Crippen molar-refractivity contribution >= 4 is 11.6 Å². The second kappa shape index (κ2) is 8.99. The van der Waals surface area contributed by atoms with Gasteiger partial charge in [0, 0.05) is 18.7 Å². The maximum atomic E-state index is 5.70. The topological polar surface area (TPSA) is 9.23 Å². The van der Waals surface area contributed by atoms with Gasteiger partial charge in [0.2, 0.25) is 0 Å². The van der Waals surface area contributed by atoms with Gasteiger partial charge in [-0.05, 0) is 38.2 Å². The molecule has 0 N–H and O–H groups in total. The molecule has 0 aromatic rings. The summed E-state index contributed by atoms with van der Waals surface area (Å²) < 4.78 is 4.85. The monoisotopic (exact) mass is 230 g/mol. The van der Waals surface area contributed by atoms with Crippen molar-refractivity contribution in [1.29, 1.82) is 0 Å². The summed E-state index contributed by atoms with van der Waals surface area (Å²) >= 11 is 5.70. The SMILES string of the molecule is CC1=CC=C(Cl)CC1.COCCC(C)C. The van der Waals surface area contributed by atoms with Crippen LogP contribution in [0.2, 0.25) is 0 Å². The van der Waals surface area contributed by atoms with Crippen LogP contribution < -0.4 is 0 Å². The average molecular weight is 231 g/mol. The average Bonchev–Trinajstić information content (AvgIpc) is 2.20. The number of methoxy groups -OCH3 is 1. The molecular weight excluding hydrogens is 208 g/mol. The zero-order valence-electron chi connectivity index (χ0n) is 10.3. The first-order valence-electron chi connectivity index (χ1n) is 5.57. The quantitative estimate of drug-likeness (QED) is 0.692. The predicted octanol–water partition coefficient (Wildman–Crippen LogP) is 4.53. The Labute approximate surface area is 99.2 Å². The van der Waals surface area contributed by atoms with Crippen LogP contribution in [0.15, 0.2) is 22.8 Å². The van der Waals surface area contributed by atoms with Gasteiger partial charge in [0.25, 0.3) is 0 Å². The van der Waals surface area contributed by atoms with Gasteiger partial charge in [-0.2, -0.15) is 0 Å². The molecule has 88 valence electrons. The molecule has 0 saturated carbocycles. The van der Waals surface area contributed by atoms with E-state index in [0.717, 1.165) is 30.4 Å². The molecule has 1 aliphatic carbocycles. The standard InChI is InChI=1S/C7H9Cl.C6H14O/c1-6-2-4-7(8)5-3-6;1-6(2)4-5-7-3/h2,4H,3,5H2,1H3;6H,4-5H2,1-3H3. The summed E-state index contributed by atoms with van der Waals surface area (Å²) in [6, 6.07) is 0. The minimum Gasteiger partial charge on any atom is -0.385 e. The van der Waals surface area contributed by atoms with Gasteiger partial charge >= 0.3 is 0 Å². The Kier molecular flexibility index (Phi) is 8.83. The maximum absolute atomic E-state index is 5.70. The fraction of sp³-hybridized carbons (Fsp3) is 0.692. The van der Waals surface area contributed by atoms with Crippen molar-refractivity contribution in [3.63, 3.8) is 0 Å². The molecular formula is C13H23ClO. The molecule has 2 heteroatoms. The largest absolute Gasteiger partial charge is 0.385 e. The first-order chi connectivity index (χ1) is 7.06. The van der Waals surface area contributed by atoms with E-state index in [-0.39, 0.29) is 0 Å². The van der Waals surface area contributed by atoms with Gasteiger partial charge in [0.15, 0.2) is 0 Å². The van der Waals surface area contributed by atoms with Crippen LogP contribution in [-0.2, 0) is 4.74 Å². The molecule has 0 heterocycles. The molecule has 1 nitrogen and oxygen atoms in total. The first kappa shape index (κ1) is 14.7. The Morgan fingerprint density at radius 1 is 1.33 bits per heavy atom. The van der Waals surface area contributed by atoms with E-state index < -0.39 is 0 Å². The number of ether oxygens (including phenoxy) is 1. The van der Waals surface area contributed by atoms with Crippen LogP contribution in [0.5, 0.6) is 0 Å². The summed E-state index contributed by atoms with van der Waals surface area (Å²) in [5, 5.41) is 0.982. The van der Waals surface area contributed by atoms with Crippen LogP contribution in [0.4, 0.5) is 0 Å². The van der Waals surface area contributed by atoms with E-state index in [9.17, 15) is 0 Å². The lowest BCUT2D eigenvalue weighted by Gasteiger charge is -2.03. The van der Waals surface area contributed by atoms with Crippen molar-refractivity contribution in [2.75, 3.05) is 13.7 Å². The van der Waals surface area contributed by atoms with E-state index in [1.54, 1.807) is 7.11 Å².